The summed E-state index contributed by atoms with van der Waals surface area (Å²) in [7, 11) is 0. The highest BCUT2D eigenvalue weighted by Crippen LogP contribution is 2.33. The Bertz CT molecular complexity index is 1710. The van der Waals surface area contributed by atoms with Gasteiger partial charge in [0.2, 0.25) is 0 Å². The average molecular weight is 769 g/mol. The first-order chi connectivity index (χ1) is 24.9. The van der Waals surface area contributed by atoms with Crippen molar-refractivity contribution in [1.29, 1.82) is 0 Å². The molecule has 6 heterocycles. The minimum atomic E-state index is -1.25. The van der Waals surface area contributed by atoms with E-state index in [9.17, 15) is 30.0 Å². The first-order valence-corrected chi connectivity index (χ1v) is 17.2. The molecular weight excluding hydrogens is 729 g/mol. The molecule has 2 aliphatic heterocycles. The summed E-state index contributed by atoms with van der Waals surface area (Å²) in [6.07, 6.45) is -2.47. The van der Waals surface area contributed by atoms with Crippen molar-refractivity contribution < 1.29 is 49.7 Å². The van der Waals surface area contributed by atoms with Crippen LogP contribution >= 0.6 is 25.3 Å². The summed E-state index contributed by atoms with van der Waals surface area (Å²) in [4.78, 5) is 46.4. The van der Waals surface area contributed by atoms with Crippen molar-refractivity contribution in [2.24, 2.45) is 0 Å². The van der Waals surface area contributed by atoms with Crippen molar-refractivity contribution in [1.82, 2.24) is 49.7 Å². The number of carboxylic acid groups (broad SMARTS) is 2. The second-order valence-electron chi connectivity index (χ2n) is 11.9. The van der Waals surface area contributed by atoms with E-state index in [1.807, 2.05) is 0 Å². The van der Waals surface area contributed by atoms with E-state index >= 15 is 0 Å². The predicted molar refractivity (Wildman–Crippen MR) is 187 cm³/mol. The van der Waals surface area contributed by atoms with Crippen LogP contribution < -0.4 is 22.1 Å². The molecule has 52 heavy (non-hydrogen) atoms. The van der Waals surface area contributed by atoms with Crippen LogP contribution in [-0.2, 0) is 19.1 Å². The molecule has 0 aliphatic carbocycles. The van der Waals surface area contributed by atoms with E-state index in [0.29, 0.717) is 46.7 Å². The Morgan fingerprint density at radius 2 is 1.08 bits per heavy atom. The number of anilines is 2. The number of hydrogen-bond acceptors (Lipinski definition) is 20. The van der Waals surface area contributed by atoms with Crippen molar-refractivity contribution in [3.8, 4) is 0 Å². The number of fused-ring (bicyclic) bond motifs is 2. The summed E-state index contributed by atoms with van der Waals surface area (Å²) in [5.74, 6) is -0.864. The van der Waals surface area contributed by atoms with E-state index in [4.69, 9.17) is 31.2 Å². The van der Waals surface area contributed by atoms with Crippen LogP contribution in [0.5, 0.6) is 0 Å². The van der Waals surface area contributed by atoms with Crippen LogP contribution in [0.4, 0.5) is 11.6 Å². The summed E-state index contributed by atoms with van der Waals surface area (Å²) in [5.41, 5.74) is 12.9. The fourth-order valence-electron chi connectivity index (χ4n) is 5.77. The summed E-state index contributed by atoms with van der Waals surface area (Å²) in [6.45, 7) is 0.0897. The van der Waals surface area contributed by atoms with Gasteiger partial charge in [0.15, 0.2) is 35.4 Å². The maximum absolute atomic E-state index is 11.2. The number of nitrogens with zero attached hydrogens (tertiary/aromatic N) is 8. The lowest BCUT2D eigenvalue weighted by Crippen LogP contribution is -2.44. The number of hydrogen-bond donors (Lipinski definition) is 12. The molecule has 6 rings (SSSR count). The Hall–Kier alpha value is -3.98. The lowest BCUT2D eigenvalue weighted by atomic mass is 10.1. The van der Waals surface area contributed by atoms with Crippen molar-refractivity contribution in [3.05, 3.63) is 25.3 Å². The number of carboxylic acids is 2. The number of thiol groups is 2. The van der Waals surface area contributed by atoms with E-state index < -0.39 is 73.1 Å². The van der Waals surface area contributed by atoms with Crippen molar-refractivity contribution in [2.75, 3.05) is 36.1 Å². The number of nitrogens with one attached hydrogen (secondary N) is 2. The molecule has 2 fully saturated rings. The molecule has 4 aromatic heterocycles. The van der Waals surface area contributed by atoms with Crippen LogP contribution in [0.1, 0.15) is 25.3 Å². The minimum Gasteiger partial charge on any atom is -0.480 e. The summed E-state index contributed by atoms with van der Waals surface area (Å²) >= 11 is 8.06. The fourth-order valence-corrected chi connectivity index (χ4v) is 6.28. The third-order valence-electron chi connectivity index (χ3n) is 8.56. The number of rotatable bonds is 14. The molecule has 0 spiro atoms. The van der Waals surface area contributed by atoms with E-state index in [1.54, 1.807) is 0 Å². The molecule has 0 radical (unpaired) electrons. The standard InChI is InChI=1S/2C14H20N6O5S/c2*15-11-8-12(18-4-17-11)20(5-19-8)13-10(22)9(21)7(25-13)3-16-6(1-2-26)14(23)24/h2*4-7,9-10,13,16,21-22,26H,1-3H2,(H,23,24)(H2,15,17,18)/t2*6?,7-,9-,10-,13-/m11/s1. The van der Waals surface area contributed by atoms with Crippen molar-refractivity contribution >= 4 is 71.2 Å². The Morgan fingerprint density at radius 1 is 0.692 bits per heavy atom. The number of aliphatic hydroxyl groups excluding tert-OH is 4. The maximum Gasteiger partial charge on any atom is 0.320 e. The average Bonchev–Trinajstić information content (AvgIpc) is 3.88. The lowest BCUT2D eigenvalue weighted by molar-refractivity contribution is -0.140. The minimum absolute atomic E-state index is 0.0449. The van der Waals surface area contributed by atoms with Gasteiger partial charge in [-0.2, -0.15) is 25.3 Å². The maximum atomic E-state index is 11.2. The first-order valence-electron chi connectivity index (χ1n) is 15.9. The zero-order chi connectivity index (χ0) is 37.7. The molecule has 0 saturated carbocycles. The number of nitrogens with two attached hydrogens (primary N) is 2. The first kappa shape index (κ1) is 39.2. The summed E-state index contributed by atoms with van der Waals surface area (Å²) < 4.78 is 14.4. The van der Waals surface area contributed by atoms with Gasteiger partial charge in [0.05, 0.1) is 12.7 Å². The van der Waals surface area contributed by atoms with E-state index in [1.165, 1.54) is 34.4 Å². The summed E-state index contributed by atoms with van der Waals surface area (Å²) in [6, 6.07) is -1.64. The molecule has 22 nitrogen and oxygen atoms in total. The van der Waals surface area contributed by atoms with Gasteiger partial charge in [0, 0.05) is 13.1 Å². The van der Waals surface area contributed by atoms with Crippen LogP contribution in [0, 0.1) is 0 Å². The van der Waals surface area contributed by atoms with Crippen LogP contribution in [0.2, 0.25) is 0 Å². The van der Waals surface area contributed by atoms with Gasteiger partial charge >= 0.3 is 11.9 Å². The normalized spacial score (nSPS) is 27.0. The molecule has 4 aromatic rings. The molecule has 24 heteroatoms. The van der Waals surface area contributed by atoms with Crippen LogP contribution in [-0.4, -0.2) is 155 Å². The molecule has 0 amide bonds. The SMILES string of the molecule is Nc1ncnc2c1ncn2[C@@H]1O[C@H](CNC(CCS)C(=O)O)[C@@H](O)[C@H]1O.Nc1ncnc2c1ncn2[C@@H]1O[C@H](CNC(CCS)C(=O)O)[C@@H](O)[C@H]1O. The second kappa shape index (κ2) is 17.2. The monoisotopic (exact) mass is 768 g/mol. The molecule has 10 atom stereocenters. The van der Waals surface area contributed by atoms with Gasteiger partial charge in [-0.3, -0.25) is 18.7 Å². The van der Waals surface area contributed by atoms with Gasteiger partial charge in [-0.15, -0.1) is 0 Å². The lowest BCUT2D eigenvalue weighted by Gasteiger charge is -2.19. The zero-order valence-electron chi connectivity index (χ0n) is 27.3. The molecular formula is C28H40N12O10S2. The number of imidazole rings is 2. The highest BCUT2D eigenvalue weighted by Gasteiger charge is 2.45. The fraction of sp³-hybridized carbons (Fsp3) is 0.571. The highest BCUT2D eigenvalue weighted by atomic mass is 32.1. The number of aromatic nitrogens is 8. The number of carbonyl (C=O) groups is 2. The van der Waals surface area contributed by atoms with Crippen LogP contribution in [0.25, 0.3) is 22.3 Å². The predicted octanol–water partition coefficient (Wildman–Crippen LogP) is -3.22. The van der Waals surface area contributed by atoms with Gasteiger partial charge in [-0.05, 0) is 24.3 Å². The van der Waals surface area contributed by atoms with Crippen molar-refractivity contribution in [3.63, 3.8) is 0 Å². The third kappa shape index (κ3) is 8.30. The third-order valence-corrected chi connectivity index (χ3v) is 9.08. The van der Waals surface area contributed by atoms with E-state index in [0.717, 1.165) is 0 Å². The Labute approximate surface area is 305 Å². The number of nitrogen functional groups attached to an aromatic ring is 2. The number of aliphatic carboxylic acids is 2. The van der Waals surface area contributed by atoms with Gasteiger partial charge in [0.1, 0.15) is 72.4 Å². The largest absolute Gasteiger partial charge is 0.480 e. The second-order valence-corrected chi connectivity index (χ2v) is 12.8. The van der Waals surface area contributed by atoms with Gasteiger partial charge in [-0.1, -0.05) is 0 Å². The Balaban J connectivity index is 0.000000201. The molecule has 2 aliphatic rings. The number of ether oxygens (including phenoxy) is 2. The van der Waals surface area contributed by atoms with Gasteiger partial charge in [-0.25, -0.2) is 29.9 Å². The molecule has 12 N–H and O–H groups in total. The molecule has 2 unspecified atom stereocenters. The molecule has 2 saturated heterocycles. The number of aliphatic hydroxyl groups is 4. The highest BCUT2D eigenvalue weighted by molar-refractivity contribution is 7.80. The summed E-state index contributed by atoms with van der Waals surface area (Å²) in [5, 5.41) is 65.2. The smallest absolute Gasteiger partial charge is 0.320 e. The van der Waals surface area contributed by atoms with Crippen LogP contribution in [0.15, 0.2) is 25.3 Å². The Kier molecular flexibility index (Phi) is 13.0. The molecule has 284 valence electrons. The van der Waals surface area contributed by atoms with Crippen molar-refractivity contribution in [2.45, 2.75) is 74.0 Å². The van der Waals surface area contributed by atoms with Gasteiger partial charge < -0.3 is 62.2 Å². The van der Waals surface area contributed by atoms with Gasteiger partial charge in [0.25, 0.3) is 0 Å². The van der Waals surface area contributed by atoms with E-state index in [2.05, 4.69) is 65.8 Å². The quantitative estimate of drug-likeness (QED) is 0.0561. The molecule has 0 bridgehead atoms. The Morgan fingerprint density at radius 3 is 1.42 bits per heavy atom. The topological polar surface area (TPSA) is 337 Å². The zero-order valence-corrected chi connectivity index (χ0v) is 29.1. The van der Waals surface area contributed by atoms with Crippen LogP contribution in [0.3, 0.4) is 0 Å². The van der Waals surface area contributed by atoms with E-state index in [-0.39, 0.29) is 24.7 Å². The molecule has 0 aromatic carbocycles.